The Labute approximate surface area is 123 Å². The van der Waals surface area contributed by atoms with Crippen LogP contribution < -0.4 is 0 Å². The summed E-state index contributed by atoms with van der Waals surface area (Å²) in [6.07, 6.45) is 1.91. The highest BCUT2D eigenvalue weighted by molar-refractivity contribution is 6.31. The zero-order valence-electron chi connectivity index (χ0n) is 11.8. The standard InChI is InChI=1S/C15H18ClFN2O/c1-15(2,3)13-8-19(14(9-20)18-13)7-10-4-5-11(17)6-12(10)16/h4-6,8,20H,7,9H2,1-3H3. The topological polar surface area (TPSA) is 38.0 Å². The third kappa shape index (κ3) is 3.19. The van der Waals surface area contributed by atoms with Crippen LogP contribution in [0.25, 0.3) is 0 Å². The van der Waals surface area contributed by atoms with E-state index >= 15 is 0 Å². The molecule has 2 rings (SSSR count). The molecule has 0 atom stereocenters. The Kier molecular flexibility index (Phi) is 4.16. The van der Waals surface area contributed by atoms with Crippen molar-refractivity contribution in [1.82, 2.24) is 9.55 Å². The van der Waals surface area contributed by atoms with Gasteiger partial charge >= 0.3 is 0 Å². The number of aliphatic hydroxyl groups excluding tert-OH is 1. The molecule has 0 aliphatic rings. The van der Waals surface area contributed by atoms with Crippen molar-refractivity contribution in [3.8, 4) is 0 Å². The highest BCUT2D eigenvalue weighted by atomic mass is 35.5. The predicted molar refractivity (Wildman–Crippen MR) is 77.4 cm³/mol. The Hall–Kier alpha value is -1.39. The third-order valence-corrected chi connectivity index (χ3v) is 3.48. The number of aliphatic hydroxyl groups is 1. The molecule has 3 nitrogen and oxygen atoms in total. The molecule has 0 saturated carbocycles. The summed E-state index contributed by atoms with van der Waals surface area (Å²) in [6.45, 7) is 6.50. The zero-order chi connectivity index (χ0) is 14.9. The van der Waals surface area contributed by atoms with Crippen LogP contribution in [0.1, 0.15) is 37.9 Å². The molecule has 0 amide bonds. The van der Waals surface area contributed by atoms with E-state index < -0.39 is 0 Å². The lowest BCUT2D eigenvalue weighted by Gasteiger charge is -2.14. The first kappa shape index (κ1) is 15.0. The molecule has 108 valence electrons. The minimum Gasteiger partial charge on any atom is -0.388 e. The fourth-order valence-corrected chi connectivity index (χ4v) is 2.14. The summed E-state index contributed by atoms with van der Waals surface area (Å²) in [5.41, 5.74) is 1.60. The van der Waals surface area contributed by atoms with Gasteiger partial charge in [-0.2, -0.15) is 0 Å². The highest BCUT2D eigenvalue weighted by Crippen LogP contribution is 2.24. The number of benzene rings is 1. The molecule has 0 spiro atoms. The average molecular weight is 297 g/mol. The second-order valence-corrected chi connectivity index (χ2v) is 6.22. The second-order valence-electron chi connectivity index (χ2n) is 5.81. The van der Waals surface area contributed by atoms with Gasteiger partial charge in [-0.1, -0.05) is 38.4 Å². The summed E-state index contributed by atoms with van der Waals surface area (Å²) in [4.78, 5) is 4.44. The number of halogens is 2. The van der Waals surface area contributed by atoms with Crippen molar-refractivity contribution in [2.24, 2.45) is 0 Å². The van der Waals surface area contributed by atoms with Crippen molar-refractivity contribution >= 4 is 11.6 Å². The van der Waals surface area contributed by atoms with Crippen molar-refractivity contribution in [3.63, 3.8) is 0 Å². The number of imidazole rings is 1. The summed E-state index contributed by atoms with van der Waals surface area (Å²) in [7, 11) is 0. The van der Waals surface area contributed by atoms with E-state index in [-0.39, 0.29) is 17.8 Å². The van der Waals surface area contributed by atoms with E-state index in [9.17, 15) is 9.50 Å². The number of rotatable bonds is 3. The second kappa shape index (κ2) is 5.54. The first-order valence-corrected chi connectivity index (χ1v) is 6.80. The normalized spacial score (nSPS) is 11.9. The monoisotopic (exact) mass is 296 g/mol. The SMILES string of the molecule is CC(C)(C)c1cn(Cc2ccc(F)cc2Cl)c(CO)n1. The highest BCUT2D eigenvalue weighted by Gasteiger charge is 2.19. The molecule has 0 aliphatic carbocycles. The third-order valence-electron chi connectivity index (χ3n) is 3.12. The van der Waals surface area contributed by atoms with Crippen LogP contribution in [-0.2, 0) is 18.6 Å². The Morgan fingerprint density at radius 3 is 2.60 bits per heavy atom. The minimum atomic E-state index is -0.359. The van der Waals surface area contributed by atoms with Gasteiger partial charge < -0.3 is 9.67 Å². The van der Waals surface area contributed by atoms with Gasteiger partial charge in [0.05, 0.1) is 12.2 Å². The Morgan fingerprint density at radius 2 is 2.05 bits per heavy atom. The Bertz CT molecular complexity index is 617. The van der Waals surface area contributed by atoms with E-state index in [1.165, 1.54) is 12.1 Å². The molecule has 1 heterocycles. The van der Waals surface area contributed by atoms with Crippen LogP contribution in [-0.4, -0.2) is 14.7 Å². The molecule has 2 aromatic rings. The largest absolute Gasteiger partial charge is 0.388 e. The first-order chi connectivity index (χ1) is 9.31. The van der Waals surface area contributed by atoms with Gasteiger partial charge in [-0.25, -0.2) is 9.37 Å². The van der Waals surface area contributed by atoms with Crippen molar-refractivity contribution in [2.45, 2.75) is 39.3 Å². The maximum atomic E-state index is 13.0. The van der Waals surface area contributed by atoms with Gasteiger partial charge in [-0.3, -0.25) is 0 Å². The Morgan fingerprint density at radius 1 is 1.35 bits per heavy atom. The quantitative estimate of drug-likeness (QED) is 0.941. The molecular formula is C15H18ClFN2O. The average Bonchev–Trinajstić information content (AvgIpc) is 2.75. The summed E-state index contributed by atoms with van der Waals surface area (Å²) >= 11 is 6.04. The van der Waals surface area contributed by atoms with E-state index in [1.54, 1.807) is 6.07 Å². The maximum Gasteiger partial charge on any atom is 0.135 e. The van der Waals surface area contributed by atoms with Crippen LogP contribution in [0.2, 0.25) is 5.02 Å². The van der Waals surface area contributed by atoms with Crippen LogP contribution in [0.15, 0.2) is 24.4 Å². The van der Waals surface area contributed by atoms with Crippen molar-refractivity contribution < 1.29 is 9.50 Å². The van der Waals surface area contributed by atoms with E-state index in [2.05, 4.69) is 25.8 Å². The fourth-order valence-electron chi connectivity index (χ4n) is 1.91. The molecule has 20 heavy (non-hydrogen) atoms. The summed E-state index contributed by atoms with van der Waals surface area (Å²) in [6, 6.07) is 4.31. The molecule has 5 heteroatoms. The molecule has 1 N–H and O–H groups in total. The lowest BCUT2D eigenvalue weighted by molar-refractivity contribution is 0.266. The first-order valence-electron chi connectivity index (χ1n) is 6.42. The molecule has 0 saturated heterocycles. The van der Waals surface area contributed by atoms with Crippen molar-refractivity contribution in [2.75, 3.05) is 0 Å². The van der Waals surface area contributed by atoms with Crippen LogP contribution in [0.5, 0.6) is 0 Å². The number of hydrogen-bond donors (Lipinski definition) is 1. The minimum absolute atomic E-state index is 0.0955. The molecule has 1 aromatic carbocycles. The predicted octanol–water partition coefficient (Wildman–Crippen LogP) is 3.51. The van der Waals surface area contributed by atoms with Gasteiger partial charge in [0, 0.05) is 16.6 Å². The lowest BCUT2D eigenvalue weighted by atomic mass is 9.93. The van der Waals surface area contributed by atoms with E-state index in [0.29, 0.717) is 17.4 Å². The molecule has 0 unspecified atom stereocenters. The van der Waals surface area contributed by atoms with Crippen molar-refractivity contribution in [3.05, 3.63) is 52.3 Å². The van der Waals surface area contributed by atoms with Gasteiger partial charge in [0.1, 0.15) is 18.2 Å². The molecule has 1 aromatic heterocycles. The molecule has 0 radical (unpaired) electrons. The van der Waals surface area contributed by atoms with Crippen molar-refractivity contribution in [1.29, 1.82) is 0 Å². The maximum absolute atomic E-state index is 13.0. The van der Waals surface area contributed by atoms with Gasteiger partial charge in [0.2, 0.25) is 0 Å². The zero-order valence-corrected chi connectivity index (χ0v) is 12.6. The summed E-state index contributed by atoms with van der Waals surface area (Å²) in [5.74, 6) is 0.220. The van der Waals surface area contributed by atoms with Crippen LogP contribution in [0.3, 0.4) is 0 Å². The smallest absolute Gasteiger partial charge is 0.135 e. The Balaban J connectivity index is 2.35. The van der Waals surface area contributed by atoms with Crippen LogP contribution in [0, 0.1) is 5.82 Å². The van der Waals surface area contributed by atoms with Crippen LogP contribution >= 0.6 is 11.6 Å². The van der Waals surface area contributed by atoms with Gasteiger partial charge in [-0.15, -0.1) is 0 Å². The molecule has 0 bridgehead atoms. The van der Waals surface area contributed by atoms with E-state index in [4.69, 9.17) is 11.6 Å². The summed E-state index contributed by atoms with van der Waals surface area (Å²) in [5, 5.41) is 9.79. The fraction of sp³-hybridized carbons (Fsp3) is 0.400. The summed E-state index contributed by atoms with van der Waals surface area (Å²) < 4.78 is 14.9. The molecule has 0 fully saturated rings. The molecular weight excluding hydrogens is 279 g/mol. The van der Waals surface area contributed by atoms with Gasteiger partial charge in [-0.05, 0) is 17.7 Å². The van der Waals surface area contributed by atoms with E-state index in [1.807, 2.05) is 10.8 Å². The lowest BCUT2D eigenvalue weighted by Crippen LogP contribution is -2.11. The van der Waals surface area contributed by atoms with Crippen LogP contribution in [0.4, 0.5) is 4.39 Å². The number of hydrogen-bond acceptors (Lipinski definition) is 2. The van der Waals surface area contributed by atoms with Gasteiger partial charge in [0.15, 0.2) is 0 Å². The van der Waals surface area contributed by atoms with Gasteiger partial charge in [0.25, 0.3) is 0 Å². The number of nitrogens with zero attached hydrogens (tertiary/aromatic N) is 2. The van der Waals surface area contributed by atoms with E-state index in [0.717, 1.165) is 11.3 Å². The number of aromatic nitrogens is 2. The molecule has 0 aliphatic heterocycles.